The maximum atomic E-state index is 13.1. The number of aliphatic hydroxyl groups is 1. The highest BCUT2D eigenvalue weighted by atomic mass is 32.2. The van der Waals surface area contributed by atoms with Crippen LogP contribution >= 0.6 is 11.8 Å². The highest BCUT2D eigenvalue weighted by Crippen LogP contribution is 2.06. The number of carbonyl (C=O) groups is 4. The molecule has 1 heterocycles. The number of imidazole rings is 1. The molecule has 0 aromatic carbocycles. The van der Waals surface area contributed by atoms with Crippen molar-refractivity contribution in [3.8, 4) is 0 Å². The Hall–Kier alpha value is -2.68. The molecule has 10 N–H and O–H groups in total. The minimum absolute atomic E-state index is 0.0256. The number of unbranched alkanes of at least 4 members (excludes halogenated alkanes) is 1. The van der Waals surface area contributed by atoms with Gasteiger partial charge in [-0.05, 0) is 51.2 Å². The third-order valence-electron chi connectivity index (χ3n) is 5.21. The summed E-state index contributed by atoms with van der Waals surface area (Å²) in [6.45, 7) is 1.67. The minimum atomic E-state index is -1.45. The van der Waals surface area contributed by atoms with Gasteiger partial charge >= 0.3 is 5.97 Å². The monoisotopic (exact) mass is 515 g/mol. The van der Waals surface area contributed by atoms with E-state index in [1.807, 2.05) is 6.26 Å². The summed E-state index contributed by atoms with van der Waals surface area (Å²) in [5.74, 6) is -2.73. The molecule has 5 unspecified atom stereocenters. The Kier molecular flexibility index (Phi) is 13.9. The number of hydrogen-bond donors (Lipinski definition) is 8. The number of H-pyrrole nitrogens is 1. The number of aromatic amines is 1. The predicted octanol–water partition coefficient (Wildman–Crippen LogP) is -1.92. The normalized spacial score (nSPS) is 15.3. The number of nitrogens with zero attached hydrogens (tertiary/aromatic N) is 1. The smallest absolute Gasteiger partial charge is 0.326 e. The second-order valence-electron chi connectivity index (χ2n) is 8.14. The van der Waals surface area contributed by atoms with Gasteiger partial charge in [-0.2, -0.15) is 11.8 Å². The largest absolute Gasteiger partial charge is 0.480 e. The Morgan fingerprint density at radius 2 is 1.77 bits per heavy atom. The molecule has 0 saturated carbocycles. The molecule has 0 aliphatic rings. The van der Waals surface area contributed by atoms with E-state index in [-0.39, 0.29) is 12.8 Å². The average Bonchev–Trinajstić information content (AvgIpc) is 3.32. The van der Waals surface area contributed by atoms with Crippen LogP contribution in [0.4, 0.5) is 0 Å². The highest BCUT2D eigenvalue weighted by Gasteiger charge is 2.32. The number of aromatic nitrogens is 2. The molecule has 35 heavy (non-hydrogen) atoms. The van der Waals surface area contributed by atoms with E-state index in [0.717, 1.165) is 0 Å². The lowest BCUT2D eigenvalue weighted by molar-refractivity contribution is -0.143. The van der Waals surface area contributed by atoms with E-state index < -0.39 is 54.0 Å². The number of thioether (sulfide) groups is 1. The van der Waals surface area contributed by atoms with Gasteiger partial charge in [0.25, 0.3) is 0 Å². The number of aliphatic hydroxyl groups excluding tert-OH is 1. The lowest BCUT2D eigenvalue weighted by Crippen LogP contribution is -2.60. The maximum Gasteiger partial charge on any atom is 0.326 e. The van der Waals surface area contributed by atoms with Crippen molar-refractivity contribution in [3.05, 3.63) is 18.2 Å². The minimum Gasteiger partial charge on any atom is -0.480 e. The van der Waals surface area contributed by atoms with E-state index in [4.69, 9.17) is 11.5 Å². The molecule has 0 saturated heterocycles. The van der Waals surface area contributed by atoms with Crippen molar-refractivity contribution in [2.45, 2.75) is 69.3 Å². The van der Waals surface area contributed by atoms with Crippen LogP contribution in [0, 0.1) is 0 Å². The topological polar surface area (TPSA) is 226 Å². The summed E-state index contributed by atoms with van der Waals surface area (Å²) in [4.78, 5) is 56.6. The Morgan fingerprint density at radius 1 is 1.09 bits per heavy atom. The summed E-state index contributed by atoms with van der Waals surface area (Å²) in [5.41, 5.74) is 11.9. The van der Waals surface area contributed by atoms with Gasteiger partial charge in [0.2, 0.25) is 17.7 Å². The van der Waals surface area contributed by atoms with Crippen LogP contribution in [0.3, 0.4) is 0 Å². The standard InChI is InChI=1S/C21H37N7O6S/c1-12(29)17(20(32)26-15(21(33)34)5-3-4-7-22)28-19(31)16(9-13-10-24-11-25-13)27-18(30)14(23)6-8-35-2/h10-12,14-17,29H,3-9,22-23H2,1-2H3,(H,24,25)(H,26,32)(H,27,30)(H,28,31)(H,33,34). The van der Waals surface area contributed by atoms with Crippen molar-refractivity contribution in [2.24, 2.45) is 11.5 Å². The first-order chi connectivity index (χ1) is 16.6. The van der Waals surface area contributed by atoms with Gasteiger partial charge in [0, 0.05) is 18.3 Å². The van der Waals surface area contributed by atoms with Crippen molar-refractivity contribution in [1.82, 2.24) is 25.9 Å². The summed E-state index contributed by atoms with van der Waals surface area (Å²) in [6.07, 6.45) is 5.08. The van der Waals surface area contributed by atoms with Crippen LogP contribution in [0.1, 0.15) is 38.3 Å². The first-order valence-corrected chi connectivity index (χ1v) is 12.7. The molecule has 3 amide bonds. The van der Waals surface area contributed by atoms with E-state index in [0.29, 0.717) is 37.3 Å². The number of hydrogen-bond acceptors (Lipinski definition) is 9. The summed E-state index contributed by atoms with van der Waals surface area (Å²) in [7, 11) is 0. The summed E-state index contributed by atoms with van der Waals surface area (Å²) < 4.78 is 0. The average molecular weight is 516 g/mol. The van der Waals surface area contributed by atoms with Crippen LogP contribution in [0.25, 0.3) is 0 Å². The second kappa shape index (κ2) is 16.1. The maximum absolute atomic E-state index is 13.1. The van der Waals surface area contributed by atoms with Gasteiger partial charge in [0.15, 0.2) is 0 Å². The molecular formula is C21H37N7O6S. The molecule has 14 heteroatoms. The number of carboxylic acid groups (broad SMARTS) is 1. The lowest BCUT2D eigenvalue weighted by atomic mass is 10.1. The van der Waals surface area contributed by atoms with Crippen molar-refractivity contribution < 1.29 is 29.4 Å². The van der Waals surface area contributed by atoms with Crippen LogP contribution in [-0.2, 0) is 25.6 Å². The zero-order chi connectivity index (χ0) is 26.4. The number of nitrogens with two attached hydrogens (primary N) is 2. The second-order valence-corrected chi connectivity index (χ2v) is 9.13. The number of carbonyl (C=O) groups excluding carboxylic acids is 3. The fourth-order valence-electron chi connectivity index (χ4n) is 3.15. The van der Waals surface area contributed by atoms with Crippen molar-refractivity contribution in [2.75, 3.05) is 18.6 Å². The first kappa shape index (κ1) is 30.4. The molecule has 1 aromatic heterocycles. The molecule has 0 bridgehead atoms. The zero-order valence-electron chi connectivity index (χ0n) is 20.0. The van der Waals surface area contributed by atoms with E-state index >= 15 is 0 Å². The zero-order valence-corrected chi connectivity index (χ0v) is 20.8. The van der Waals surface area contributed by atoms with Gasteiger partial charge in [-0.1, -0.05) is 0 Å². The molecule has 0 spiro atoms. The van der Waals surface area contributed by atoms with E-state index in [1.54, 1.807) is 0 Å². The summed E-state index contributed by atoms with van der Waals surface area (Å²) in [6, 6.07) is -4.62. The fraction of sp³-hybridized carbons (Fsp3) is 0.667. The number of carboxylic acids is 1. The van der Waals surface area contributed by atoms with Gasteiger partial charge in [-0.25, -0.2) is 9.78 Å². The van der Waals surface area contributed by atoms with Crippen LogP contribution in [0.5, 0.6) is 0 Å². The van der Waals surface area contributed by atoms with Crippen molar-refractivity contribution >= 4 is 35.5 Å². The number of nitrogens with one attached hydrogen (secondary N) is 4. The molecule has 0 aliphatic carbocycles. The lowest BCUT2D eigenvalue weighted by Gasteiger charge is -2.26. The Labute approximate surface area is 208 Å². The Bertz CT molecular complexity index is 808. The quantitative estimate of drug-likeness (QED) is 0.107. The van der Waals surface area contributed by atoms with Gasteiger partial charge in [-0.3, -0.25) is 14.4 Å². The van der Waals surface area contributed by atoms with Crippen molar-refractivity contribution in [3.63, 3.8) is 0 Å². The van der Waals surface area contributed by atoms with E-state index in [2.05, 4.69) is 25.9 Å². The first-order valence-electron chi connectivity index (χ1n) is 11.3. The Balaban J connectivity index is 2.95. The molecular weight excluding hydrogens is 478 g/mol. The van der Waals surface area contributed by atoms with E-state index in [9.17, 15) is 29.4 Å². The third kappa shape index (κ3) is 11.1. The van der Waals surface area contributed by atoms with Crippen LogP contribution < -0.4 is 27.4 Å². The van der Waals surface area contributed by atoms with Crippen LogP contribution in [0.15, 0.2) is 12.5 Å². The number of amides is 3. The third-order valence-corrected chi connectivity index (χ3v) is 5.85. The predicted molar refractivity (Wildman–Crippen MR) is 131 cm³/mol. The molecule has 1 rings (SSSR count). The fourth-order valence-corrected chi connectivity index (χ4v) is 3.64. The number of rotatable bonds is 17. The Morgan fingerprint density at radius 3 is 2.31 bits per heavy atom. The van der Waals surface area contributed by atoms with Gasteiger partial charge < -0.3 is 42.6 Å². The summed E-state index contributed by atoms with van der Waals surface area (Å²) in [5, 5.41) is 26.9. The van der Waals surface area contributed by atoms with E-state index in [1.165, 1.54) is 31.2 Å². The van der Waals surface area contributed by atoms with Crippen molar-refractivity contribution in [1.29, 1.82) is 0 Å². The molecule has 13 nitrogen and oxygen atoms in total. The van der Waals surface area contributed by atoms with Crippen LogP contribution in [0.2, 0.25) is 0 Å². The van der Waals surface area contributed by atoms with Gasteiger partial charge in [0.1, 0.15) is 18.1 Å². The summed E-state index contributed by atoms with van der Waals surface area (Å²) >= 11 is 1.53. The molecule has 0 fully saturated rings. The molecule has 0 aliphatic heterocycles. The van der Waals surface area contributed by atoms with Gasteiger partial charge in [0.05, 0.1) is 18.5 Å². The van der Waals surface area contributed by atoms with Crippen LogP contribution in [-0.4, -0.2) is 92.7 Å². The highest BCUT2D eigenvalue weighted by molar-refractivity contribution is 7.98. The molecule has 198 valence electrons. The SMILES string of the molecule is CSCCC(N)C(=O)NC(Cc1cnc[nH]1)C(=O)NC(C(=O)NC(CCCCN)C(=O)O)C(C)O. The molecule has 1 aromatic rings. The van der Waals surface area contributed by atoms with Gasteiger partial charge in [-0.15, -0.1) is 0 Å². The molecule has 5 atom stereocenters. The number of aliphatic carboxylic acids is 1. The molecule has 0 radical (unpaired) electrons.